The predicted molar refractivity (Wildman–Crippen MR) is 103 cm³/mol. The average molecular weight is 291 g/mol. The van der Waals surface area contributed by atoms with Crippen molar-refractivity contribution in [3.63, 3.8) is 0 Å². The molecule has 0 unspecified atom stereocenters. The van der Waals surface area contributed by atoms with Crippen LogP contribution in [0, 0.1) is 0 Å². The van der Waals surface area contributed by atoms with Crippen molar-refractivity contribution in [2.75, 3.05) is 0 Å². The maximum Gasteiger partial charge on any atom is -0.0533 e. The van der Waals surface area contributed by atoms with Gasteiger partial charge in [-0.05, 0) is 0 Å². The summed E-state index contributed by atoms with van der Waals surface area (Å²) in [6.45, 7) is 12.5. The van der Waals surface area contributed by atoms with Crippen LogP contribution in [-0.2, 0) is 0 Å². The van der Waals surface area contributed by atoms with Crippen LogP contribution in [0.1, 0.15) is 133 Å². The van der Waals surface area contributed by atoms with Gasteiger partial charge in [-0.25, -0.2) is 0 Å². The summed E-state index contributed by atoms with van der Waals surface area (Å²) in [5.74, 6) is 0. The Morgan fingerprint density at radius 3 is 0.500 bits per heavy atom. The summed E-state index contributed by atoms with van der Waals surface area (Å²) in [4.78, 5) is 0. The smallest absolute Gasteiger partial charge is 0.0533 e. The van der Waals surface area contributed by atoms with Gasteiger partial charge in [0.2, 0.25) is 0 Å². The second kappa shape index (κ2) is 42.8. The summed E-state index contributed by atoms with van der Waals surface area (Å²) in [5, 5.41) is 0. The third-order valence-corrected chi connectivity index (χ3v) is 2.50. The molecule has 0 heterocycles. The van der Waals surface area contributed by atoms with Crippen LogP contribution < -0.4 is 0 Å². The van der Waals surface area contributed by atoms with Gasteiger partial charge in [-0.15, -0.1) is 0 Å². The molecule has 0 amide bonds. The van der Waals surface area contributed by atoms with E-state index in [1.165, 1.54) is 77.0 Å². The van der Waals surface area contributed by atoms with Crippen LogP contribution in [0.3, 0.4) is 0 Å². The Bertz CT molecular complexity index is 50.8. The van der Waals surface area contributed by atoms with E-state index in [-0.39, 0.29) is 14.9 Å². The summed E-state index contributed by atoms with van der Waals surface area (Å²) < 4.78 is 0. The van der Waals surface area contributed by atoms with E-state index in [1.807, 2.05) is 13.8 Å². The summed E-state index contributed by atoms with van der Waals surface area (Å²) in [6.07, 6.45) is 17.5. The molecule has 0 spiro atoms. The molecular weight excluding hydrogens is 240 g/mol. The monoisotopic (exact) mass is 290 g/mol. The zero-order chi connectivity index (χ0) is 14.5. The van der Waals surface area contributed by atoms with Gasteiger partial charge in [-0.2, -0.15) is 0 Å². The Kier molecular flexibility index (Phi) is 68.6. The second-order valence-electron chi connectivity index (χ2n) is 4.95. The Morgan fingerprint density at radius 2 is 0.450 bits per heavy atom. The van der Waals surface area contributed by atoms with Gasteiger partial charge >= 0.3 is 0 Å². The Labute approximate surface area is 134 Å². The minimum atomic E-state index is 0. The van der Waals surface area contributed by atoms with Gasteiger partial charge in [0.1, 0.15) is 0 Å². The van der Waals surface area contributed by atoms with Gasteiger partial charge < -0.3 is 0 Å². The molecule has 2 aliphatic carbocycles. The molecule has 0 heteroatoms. The van der Waals surface area contributed by atoms with E-state index >= 15 is 0 Å². The van der Waals surface area contributed by atoms with Crippen molar-refractivity contribution in [2.45, 2.75) is 133 Å². The van der Waals surface area contributed by atoms with Crippen molar-refractivity contribution in [2.24, 2.45) is 0 Å². The first-order chi connectivity index (χ1) is 8.83. The molecule has 0 saturated heterocycles. The normalized spacial score (nSPS) is 14.1. The third kappa shape index (κ3) is 52.0. The van der Waals surface area contributed by atoms with Crippen LogP contribution in [0.2, 0.25) is 0 Å². The minimum absolute atomic E-state index is 0. The Balaban J connectivity index is -0.0000000479. The predicted octanol–water partition coefficient (Wildman–Crippen LogP) is 9.03. The molecule has 0 aromatic rings. The lowest BCUT2D eigenvalue weighted by Crippen LogP contribution is -1.47. The van der Waals surface area contributed by atoms with Crippen molar-refractivity contribution in [1.82, 2.24) is 0 Å². The second-order valence-corrected chi connectivity index (χ2v) is 4.95. The zero-order valence-electron chi connectivity index (χ0n) is 14.5. The Morgan fingerprint density at radius 1 is 0.400 bits per heavy atom. The van der Waals surface area contributed by atoms with Crippen LogP contribution in [0.15, 0.2) is 0 Å². The fourth-order valence-corrected chi connectivity index (χ4v) is 1.77. The van der Waals surface area contributed by atoms with E-state index in [9.17, 15) is 0 Å². The largest absolute Gasteiger partial charge is 0.0776 e. The van der Waals surface area contributed by atoms with Crippen LogP contribution >= 0.6 is 0 Å². The molecule has 0 aromatic carbocycles. The van der Waals surface area contributed by atoms with Gasteiger partial charge in [0.15, 0.2) is 0 Å². The van der Waals surface area contributed by atoms with E-state index in [0.29, 0.717) is 0 Å². The first kappa shape index (κ1) is 32.1. The molecular formula is C20H50. The number of hydrogen-bond acceptors (Lipinski definition) is 0. The van der Waals surface area contributed by atoms with Gasteiger partial charge in [-0.1, -0.05) is 133 Å². The SMILES string of the molecule is C.C.C1CCCC1.C1CCCC1.CC.CCC.CCC. The maximum atomic E-state index is 2.12. The quantitative estimate of drug-likeness (QED) is 0.417. The topological polar surface area (TPSA) is 0 Å². The summed E-state index contributed by atoms with van der Waals surface area (Å²) >= 11 is 0. The molecule has 2 fully saturated rings. The van der Waals surface area contributed by atoms with Gasteiger partial charge in [0, 0.05) is 0 Å². The molecule has 0 N–H and O–H groups in total. The summed E-state index contributed by atoms with van der Waals surface area (Å²) in [5.41, 5.74) is 0. The van der Waals surface area contributed by atoms with Crippen LogP contribution in [0.5, 0.6) is 0 Å². The Hall–Kier alpha value is 0. The molecule has 0 atom stereocenters. The van der Waals surface area contributed by atoms with Crippen molar-refractivity contribution in [3.8, 4) is 0 Å². The van der Waals surface area contributed by atoms with Gasteiger partial charge in [-0.3, -0.25) is 0 Å². The van der Waals surface area contributed by atoms with E-state index in [1.54, 1.807) is 0 Å². The molecule has 0 bridgehead atoms. The summed E-state index contributed by atoms with van der Waals surface area (Å²) in [6, 6.07) is 0. The van der Waals surface area contributed by atoms with Crippen LogP contribution in [0.25, 0.3) is 0 Å². The van der Waals surface area contributed by atoms with E-state index in [0.717, 1.165) is 0 Å². The highest BCUT2D eigenvalue weighted by Gasteiger charge is 1.95. The molecule has 0 aliphatic heterocycles. The molecule has 130 valence electrons. The highest BCUT2D eigenvalue weighted by molar-refractivity contribution is 4.51. The maximum absolute atomic E-state index is 2.12. The first-order valence-corrected chi connectivity index (χ1v) is 8.83. The van der Waals surface area contributed by atoms with E-state index in [2.05, 4.69) is 27.7 Å². The average Bonchev–Trinajstić information content (AvgIpc) is 3.12. The third-order valence-electron chi connectivity index (χ3n) is 2.50. The molecule has 0 nitrogen and oxygen atoms in total. The lowest BCUT2D eigenvalue weighted by atomic mass is 10.4. The molecule has 2 saturated carbocycles. The standard InChI is InChI=1S/2C5H10.2C3H8.C2H6.2CH4/c2*1-2-4-5-3-1;2*1-3-2;1-2;;/h2*1-5H2;2*3H2,1-2H3;1-2H3;2*1H4. The molecule has 0 aromatic heterocycles. The molecule has 2 rings (SSSR count). The van der Waals surface area contributed by atoms with Crippen molar-refractivity contribution in [3.05, 3.63) is 0 Å². The van der Waals surface area contributed by atoms with Crippen molar-refractivity contribution in [1.29, 1.82) is 0 Å². The highest BCUT2D eigenvalue weighted by Crippen LogP contribution is 2.15. The van der Waals surface area contributed by atoms with Crippen molar-refractivity contribution >= 4 is 0 Å². The minimum Gasteiger partial charge on any atom is -0.0776 e. The lowest BCUT2D eigenvalue weighted by Gasteiger charge is -1.67. The molecule has 2 aliphatic rings. The van der Waals surface area contributed by atoms with Crippen LogP contribution in [-0.4, -0.2) is 0 Å². The van der Waals surface area contributed by atoms with Gasteiger partial charge in [0.05, 0.1) is 0 Å². The van der Waals surface area contributed by atoms with E-state index < -0.39 is 0 Å². The number of rotatable bonds is 0. The number of hydrogen-bond donors (Lipinski definition) is 0. The fourth-order valence-electron chi connectivity index (χ4n) is 1.77. The zero-order valence-corrected chi connectivity index (χ0v) is 14.5. The highest BCUT2D eigenvalue weighted by atomic mass is 14.0. The molecule has 20 heavy (non-hydrogen) atoms. The van der Waals surface area contributed by atoms with Gasteiger partial charge in [0.25, 0.3) is 0 Å². The lowest BCUT2D eigenvalue weighted by molar-refractivity contribution is 0.886. The van der Waals surface area contributed by atoms with Crippen LogP contribution in [0.4, 0.5) is 0 Å². The van der Waals surface area contributed by atoms with Crippen molar-refractivity contribution < 1.29 is 0 Å². The molecule has 0 radical (unpaired) electrons. The van der Waals surface area contributed by atoms with E-state index in [4.69, 9.17) is 0 Å². The first-order valence-electron chi connectivity index (χ1n) is 8.83. The fraction of sp³-hybridized carbons (Fsp3) is 1.00. The summed E-state index contributed by atoms with van der Waals surface area (Å²) in [7, 11) is 0.